The minimum Gasteiger partial charge on any atom is -0.345 e. The van der Waals surface area contributed by atoms with E-state index in [4.69, 9.17) is 0 Å². The molecule has 0 atom stereocenters. The van der Waals surface area contributed by atoms with Crippen LogP contribution in [0.25, 0.3) is 0 Å². The van der Waals surface area contributed by atoms with E-state index >= 15 is 0 Å². The van der Waals surface area contributed by atoms with E-state index in [-0.39, 0.29) is 0 Å². The summed E-state index contributed by atoms with van der Waals surface area (Å²) in [5.74, 6) is 0. The molecule has 100 valence electrons. The molecular formula is C14H23N3S. The van der Waals surface area contributed by atoms with E-state index in [0.717, 1.165) is 18.6 Å². The van der Waals surface area contributed by atoms with Gasteiger partial charge in [0.25, 0.3) is 0 Å². The van der Waals surface area contributed by atoms with Crippen LogP contribution in [0.4, 0.5) is 5.13 Å². The van der Waals surface area contributed by atoms with Gasteiger partial charge in [0.1, 0.15) is 0 Å². The molecule has 0 radical (unpaired) electrons. The molecule has 3 rings (SSSR count). The number of unbranched alkanes of at least 4 members (excludes halogenated alkanes) is 1. The first kappa shape index (κ1) is 12.4. The van der Waals surface area contributed by atoms with Gasteiger partial charge in [-0.15, -0.1) is 11.3 Å². The van der Waals surface area contributed by atoms with E-state index < -0.39 is 0 Å². The Bertz CT molecular complexity index is 382. The largest absolute Gasteiger partial charge is 0.345 e. The molecule has 1 heterocycles. The number of thiazole rings is 1. The first-order valence-corrected chi connectivity index (χ1v) is 8.13. The number of aromatic nitrogens is 1. The fourth-order valence-electron chi connectivity index (χ4n) is 2.19. The summed E-state index contributed by atoms with van der Waals surface area (Å²) in [6, 6.07) is 1.57. The number of anilines is 1. The maximum atomic E-state index is 4.63. The summed E-state index contributed by atoms with van der Waals surface area (Å²) in [4.78, 5) is 8.56. The molecule has 2 fully saturated rings. The van der Waals surface area contributed by atoms with Crippen LogP contribution in [0.1, 0.15) is 50.3 Å². The maximum Gasteiger partial charge on any atom is 0.185 e. The van der Waals surface area contributed by atoms with Crippen LogP contribution in [0.5, 0.6) is 0 Å². The average molecular weight is 265 g/mol. The quantitative estimate of drug-likeness (QED) is 0.782. The highest BCUT2D eigenvalue weighted by atomic mass is 32.1. The van der Waals surface area contributed by atoms with Crippen LogP contribution in [0.3, 0.4) is 0 Å². The van der Waals surface area contributed by atoms with Crippen molar-refractivity contribution in [2.45, 2.75) is 64.1 Å². The smallest absolute Gasteiger partial charge is 0.185 e. The van der Waals surface area contributed by atoms with Gasteiger partial charge in [-0.25, -0.2) is 4.98 Å². The Kier molecular flexibility index (Phi) is 3.85. The molecule has 0 spiro atoms. The number of nitrogens with one attached hydrogen (secondary N) is 1. The zero-order valence-electron chi connectivity index (χ0n) is 11.2. The number of rotatable bonds is 8. The molecule has 2 saturated carbocycles. The standard InChI is InChI=1S/C14H23N3S/c1-2-3-8-17(12-6-7-12)14-16-10-13(18-14)9-15-11-4-5-11/h10-12,15H,2-9H2,1H3. The van der Waals surface area contributed by atoms with Gasteiger partial charge in [0, 0.05) is 36.2 Å². The molecule has 4 heteroatoms. The van der Waals surface area contributed by atoms with Crippen molar-refractivity contribution in [2.75, 3.05) is 11.4 Å². The van der Waals surface area contributed by atoms with Gasteiger partial charge in [-0.05, 0) is 32.1 Å². The predicted octanol–water partition coefficient (Wildman–Crippen LogP) is 3.16. The van der Waals surface area contributed by atoms with Gasteiger partial charge < -0.3 is 10.2 Å². The second-order valence-electron chi connectivity index (χ2n) is 5.54. The lowest BCUT2D eigenvalue weighted by atomic mass is 10.3. The molecule has 0 aromatic carbocycles. The third-order valence-corrected chi connectivity index (χ3v) is 4.70. The van der Waals surface area contributed by atoms with Crippen molar-refractivity contribution >= 4 is 16.5 Å². The third-order valence-electron chi connectivity index (χ3n) is 3.67. The predicted molar refractivity (Wildman–Crippen MR) is 77.3 cm³/mol. The van der Waals surface area contributed by atoms with E-state index in [1.54, 1.807) is 0 Å². The van der Waals surface area contributed by atoms with Crippen LogP contribution in [0, 0.1) is 0 Å². The molecule has 2 aliphatic carbocycles. The van der Waals surface area contributed by atoms with Crippen molar-refractivity contribution in [3.05, 3.63) is 11.1 Å². The van der Waals surface area contributed by atoms with Crippen LogP contribution in [-0.2, 0) is 6.54 Å². The lowest BCUT2D eigenvalue weighted by Crippen LogP contribution is -2.26. The van der Waals surface area contributed by atoms with E-state index in [0.29, 0.717) is 0 Å². The molecule has 3 nitrogen and oxygen atoms in total. The van der Waals surface area contributed by atoms with E-state index in [1.807, 2.05) is 11.3 Å². The third kappa shape index (κ3) is 3.23. The minimum absolute atomic E-state index is 0.784. The summed E-state index contributed by atoms with van der Waals surface area (Å²) in [5, 5.41) is 4.81. The minimum atomic E-state index is 0.784. The summed E-state index contributed by atoms with van der Waals surface area (Å²) in [6.07, 6.45) is 10.1. The van der Waals surface area contributed by atoms with Gasteiger partial charge in [-0.2, -0.15) is 0 Å². The average Bonchev–Trinajstić information content (AvgIpc) is 3.28. The molecule has 0 aliphatic heterocycles. The van der Waals surface area contributed by atoms with Gasteiger partial charge in [0.15, 0.2) is 5.13 Å². The Morgan fingerprint density at radius 2 is 2.22 bits per heavy atom. The van der Waals surface area contributed by atoms with Crippen LogP contribution >= 0.6 is 11.3 Å². The second-order valence-corrected chi connectivity index (χ2v) is 6.64. The van der Waals surface area contributed by atoms with Crippen LogP contribution in [0.2, 0.25) is 0 Å². The van der Waals surface area contributed by atoms with Gasteiger partial charge in [0.2, 0.25) is 0 Å². The van der Waals surface area contributed by atoms with Crippen molar-refractivity contribution in [1.82, 2.24) is 10.3 Å². The Balaban J connectivity index is 1.57. The van der Waals surface area contributed by atoms with Crippen molar-refractivity contribution in [3.8, 4) is 0 Å². The van der Waals surface area contributed by atoms with Crippen molar-refractivity contribution < 1.29 is 0 Å². The van der Waals surface area contributed by atoms with E-state index in [1.165, 1.54) is 55.1 Å². The summed E-state index contributed by atoms with van der Waals surface area (Å²) in [7, 11) is 0. The summed E-state index contributed by atoms with van der Waals surface area (Å²) in [5.41, 5.74) is 0. The van der Waals surface area contributed by atoms with Gasteiger partial charge >= 0.3 is 0 Å². The van der Waals surface area contributed by atoms with Gasteiger partial charge in [0.05, 0.1) is 0 Å². The normalized spacial score (nSPS) is 19.2. The summed E-state index contributed by atoms with van der Waals surface area (Å²) >= 11 is 1.88. The van der Waals surface area contributed by atoms with E-state index in [2.05, 4.69) is 28.3 Å². The molecule has 1 N–H and O–H groups in total. The molecule has 0 saturated heterocycles. The summed E-state index contributed by atoms with van der Waals surface area (Å²) < 4.78 is 0. The molecule has 1 aromatic heterocycles. The summed E-state index contributed by atoms with van der Waals surface area (Å²) in [6.45, 7) is 4.46. The monoisotopic (exact) mass is 265 g/mol. The second kappa shape index (κ2) is 5.57. The van der Waals surface area contributed by atoms with Crippen LogP contribution < -0.4 is 10.2 Å². The lowest BCUT2D eigenvalue weighted by molar-refractivity contribution is 0.694. The molecule has 0 unspecified atom stereocenters. The highest BCUT2D eigenvalue weighted by molar-refractivity contribution is 7.15. The topological polar surface area (TPSA) is 28.2 Å². The first-order chi connectivity index (χ1) is 8.86. The molecule has 0 amide bonds. The first-order valence-electron chi connectivity index (χ1n) is 7.31. The Labute approximate surface area is 114 Å². The molecule has 1 aromatic rings. The highest BCUT2D eigenvalue weighted by Gasteiger charge is 2.30. The van der Waals surface area contributed by atoms with Gasteiger partial charge in [-0.1, -0.05) is 13.3 Å². The van der Waals surface area contributed by atoms with Crippen molar-refractivity contribution in [1.29, 1.82) is 0 Å². The highest BCUT2D eigenvalue weighted by Crippen LogP contribution is 2.34. The number of hydrogen-bond acceptors (Lipinski definition) is 4. The SMILES string of the molecule is CCCCN(c1ncc(CNC2CC2)s1)C1CC1. The molecule has 0 bridgehead atoms. The van der Waals surface area contributed by atoms with Crippen molar-refractivity contribution in [2.24, 2.45) is 0 Å². The van der Waals surface area contributed by atoms with Gasteiger partial charge in [-0.3, -0.25) is 0 Å². The Hall–Kier alpha value is -0.610. The molecular weight excluding hydrogens is 242 g/mol. The fourth-order valence-corrected chi connectivity index (χ4v) is 3.15. The van der Waals surface area contributed by atoms with E-state index in [9.17, 15) is 0 Å². The van der Waals surface area contributed by atoms with Crippen LogP contribution in [-0.4, -0.2) is 23.6 Å². The Morgan fingerprint density at radius 1 is 1.39 bits per heavy atom. The Morgan fingerprint density at radius 3 is 2.89 bits per heavy atom. The van der Waals surface area contributed by atoms with Crippen molar-refractivity contribution in [3.63, 3.8) is 0 Å². The molecule has 18 heavy (non-hydrogen) atoms. The van der Waals surface area contributed by atoms with Crippen LogP contribution in [0.15, 0.2) is 6.20 Å². The molecule has 2 aliphatic rings. The zero-order chi connectivity index (χ0) is 12.4. The lowest BCUT2D eigenvalue weighted by Gasteiger charge is -2.20. The zero-order valence-corrected chi connectivity index (χ0v) is 12.0. The fraction of sp³-hybridized carbons (Fsp3) is 0.786. The number of nitrogens with zero attached hydrogens (tertiary/aromatic N) is 2. The maximum absolute atomic E-state index is 4.63. The number of hydrogen-bond donors (Lipinski definition) is 1.